The van der Waals surface area contributed by atoms with Crippen LogP contribution >= 0.6 is 11.3 Å². The molecule has 0 atom stereocenters. The van der Waals surface area contributed by atoms with Gasteiger partial charge in [0.15, 0.2) is 0 Å². The van der Waals surface area contributed by atoms with Crippen LogP contribution in [0, 0.1) is 6.92 Å². The fraction of sp³-hybridized carbons (Fsp3) is 0.100. The Bertz CT molecular complexity index is 1050. The van der Waals surface area contributed by atoms with Crippen LogP contribution in [0.15, 0.2) is 60.0 Å². The summed E-state index contributed by atoms with van der Waals surface area (Å²) < 4.78 is 0. The van der Waals surface area contributed by atoms with E-state index in [9.17, 15) is 4.79 Å². The number of para-hydroxylation sites is 1. The first-order chi connectivity index (χ1) is 12.2. The van der Waals surface area contributed by atoms with E-state index in [4.69, 9.17) is 0 Å². The van der Waals surface area contributed by atoms with Crippen LogP contribution in [0.1, 0.15) is 21.5 Å². The minimum atomic E-state index is -0.0659. The number of benzene rings is 2. The van der Waals surface area contributed by atoms with Crippen molar-refractivity contribution in [1.29, 1.82) is 0 Å². The third-order valence-corrected chi connectivity index (χ3v) is 5.04. The standard InChI is InChI=1S/C20H17N3OS/c1-13-5-4-6-14(9-13)11-21-20(24)15-10-18(25-12-15)19-16-7-2-3-8-17(16)22-23-19/h2-10,12H,11H2,1H3,(H,21,24)(H,22,23). The Morgan fingerprint density at radius 2 is 2.04 bits per heavy atom. The molecule has 0 spiro atoms. The predicted molar refractivity (Wildman–Crippen MR) is 102 cm³/mol. The number of carbonyl (C=O) groups excluding carboxylic acids is 1. The third kappa shape index (κ3) is 3.19. The maximum atomic E-state index is 12.4. The first-order valence-corrected chi connectivity index (χ1v) is 8.94. The summed E-state index contributed by atoms with van der Waals surface area (Å²) in [5, 5.41) is 13.4. The first kappa shape index (κ1) is 15.6. The van der Waals surface area contributed by atoms with Gasteiger partial charge in [-0.1, -0.05) is 48.0 Å². The van der Waals surface area contributed by atoms with Crippen LogP contribution in [0.25, 0.3) is 21.5 Å². The number of aromatic amines is 1. The number of fused-ring (bicyclic) bond motifs is 1. The molecule has 4 aromatic rings. The predicted octanol–water partition coefficient (Wildman–Crippen LogP) is 4.53. The molecule has 1 amide bonds. The van der Waals surface area contributed by atoms with Gasteiger partial charge in [-0.05, 0) is 24.6 Å². The highest BCUT2D eigenvalue weighted by Crippen LogP contribution is 2.31. The van der Waals surface area contributed by atoms with Crippen molar-refractivity contribution in [3.05, 3.63) is 76.7 Å². The summed E-state index contributed by atoms with van der Waals surface area (Å²) in [4.78, 5) is 13.4. The molecule has 4 rings (SSSR count). The third-order valence-electron chi connectivity index (χ3n) is 4.10. The fourth-order valence-electron chi connectivity index (χ4n) is 2.84. The van der Waals surface area contributed by atoms with Crippen molar-refractivity contribution in [3.8, 4) is 10.6 Å². The highest BCUT2D eigenvalue weighted by atomic mass is 32.1. The molecule has 0 saturated carbocycles. The highest BCUT2D eigenvalue weighted by Gasteiger charge is 2.13. The molecule has 124 valence electrons. The minimum absolute atomic E-state index is 0.0659. The molecule has 0 aliphatic carbocycles. The second kappa shape index (κ2) is 6.53. The lowest BCUT2D eigenvalue weighted by molar-refractivity contribution is 0.0951. The van der Waals surface area contributed by atoms with Gasteiger partial charge < -0.3 is 5.32 Å². The number of H-pyrrole nitrogens is 1. The van der Waals surface area contributed by atoms with Gasteiger partial charge >= 0.3 is 0 Å². The number of hydrogen-bond donors (Lipinski definition) is 2. The summed E-state index contributed by atoms with van der Waals surface area (Å²) in [5.74, 6) is -0.0659. The van der Waals surface area contributed by atoms with E-state index in [0.717, 1.165) is 27.0 Å². The van der Waals surface area contributed by atoms with Crippen molar-refractivity contribution in [2.75, 3.05) is 0 Å². The zero-order valence-electron chi connectivity index (χ0n) is 13.7. The summed E-state index contributed by atoms with van der Waals surface area (Å²) in [6.45, 7) is 2.57. The lowest BCUT2D eigenvalue weighted by atomic mass is 10.1. The highest BCUT2D eigenvalue weighted by molar-refractivity contribution is 7.14. The lowest BCUT2D eigenvalue weighted by Crippen LogP contribution is -2.22. The molecule has 25 heavy (non-hydrogen) atoms. The number of aromatic nitrogens is 2. The van der Waals surface area contributed by atoms with E-state index in [1.807, 2.05) is 60.8 Å². The fourth-order valence-corrected chi connectivity index (χ4v) is 3.73. The van der Waals surface area contributed by atoms with E-state index in [2.05, 4.69) is 21.6 Å². The molecule has 0 bridgehead atoms. The van der Waals surface area contributed by atoms with E-state index in [1.165, 1.54) is 16.9 Å². The number of rotatable bonds is 4. The Morgan fingerprint density at radius 1 is 1.16 bits per heavy atom. The molecule has 2 aromatic heterocycles. The van der Waals surface area contributed by atoms with Gasteiger partial charge in [0.2, 0.25) is 0 Å². The van der Waals surface area contributed by atoms with Gasteiger partial charge in [-0.25, -0.2) is 0 Å². The van der Waals surface area contributed by atoms with E-state index >= 15 is 0 Å². The molecule has 0 fully saturated rings. The number of hydrogen-bond acceptors (Lipinski definition) is 3. The smallest absolute Gasteiger partial charge is 0.252 e. The Labute approximate surface area is 149 Å². The summed E-state index contributed by atoms with van der Waals surface area (Å²) >= 11 is 1.53. The summed E-state index contributed by atoms with van der Waals surface area (Å²) in [5.41, 5.74) is 4.84. The summed E-state index contributed by atoms with van der Waals surface area (Å²) in [7, 11) is 0. The molecular weight excluding hydrogens is 330 g/mol. The Morgan fingerprint density at radius 3 is 2.92 bits per heavy atom. The molecular formula is C20H17N3OS. The number of amides is 1. The van der Waals surface area contributed by atoms with E-state index in [1.54, 1.807) is 0 Å². The van der Waals surface area contributed by atoms with E-state index < -0.39 is 0 Å². The first-order valence-electron chi connectivity index (χ1n) is 8.06. The SMILES string of the molecule is Cc1cccc(CNC(=O)c2csc(-c3n[nH]c4ccccc34)c2)c1. The van der Waals surface area contributed by atoms with Crippen molar-refractivity contribution in [2.45, 2.75) is 13.5 Å². The van der Waals surface area contributed by atoms with Crippen molar-refractivity contribution in [1.82, 2.24) is 15.5 Å². The maximum Gasteiger partial charge on any atom is 0.252 e. The monoisotopic (exact) mass is 347 g/mol. The molecule has 0 saturated heterocycles. The van der Waals surface area contributed by atoms with Crippen LogP contribution in [0.2, 0.25) is 0 Å². The van der Waals surface area contributed by atoms with Gasteiger partial charge in [-0.2, -0.15) is 5.10 Å². The molecule has 2 N–H and O–H groups in total. The van der Waals surface area contributed by atoms with Crippen LogP contribution in [0.3, 0.4) is 0 Å². The molecule has 0 unspecified atom stereocenters. The number of thiophene rings is 1. The van der Waals surface area contributed by atoms with Crippen LogP contribution in [0.4, 0.5) is 0 Å². The summed E-state index contributed by atoms with van der Waals surface area (Å²) in [6, 6.07) is 18.0. The van der Waals surface area contributed by atoms with Gasteiger partial charge in [0.1, 0.15) is 5.69 Å². The zero-order valence-corrected chi connectivity index (χ0v) is 14.6. The van der Waals surface area contributed by atoms with Crippen molar-refractivity contribution >= 4 is 28.1 Å². The normalized spacial score (nSPS) is 10.9. The Kier molecular flexibility index (Phi) is 4.07. The molecule has 0 radical (unpaired) electrons. The molecule has 5 heteroatoms. The number of aryl methyl sites for hydroxylation is 1. The van der Waals surface area contributed by atoms with Crippen LogP contribution < -0.4 is 5.32 Å². The van der Waals surface area contributed by atoms with Gasteiger partial charge in [0.25, 0.3) is 5.91 Å². The van der Waals surface area contributed by atoms with Gasteiger partial charge in [0, 0.05) is 17.3 Å². The minimum Gasteiger partial charge on any atom is -0.348 e. The molecule has 2 heterocycles. The average molecular weight is 347 g/mol. The van der Waals surface area contributed by atoms with Gasteiger partial charge in [-0.15, -0.1) is 11.3 Å². The second-order valence-corrected chi connectivity index (χ2v) is 6.90. The second-order valence-electron chi connectivity index (χ2n) is 5.99. The topological polar surface area (TPSA) is 57.8 Å². The molecule has 0 aliphatic rings. The van der Waals surface area contributed by atoms with Gasteiger partial charge in [-0.3, -0.25) is 9.89 Å². The van der Waals surface area contributed by atoms with Crippen molar-refractivity contribution in [3.63, 3.8) is 0 Å². The van der Waals surface area contributed by atoms with Gasteiger partial charge in [0.05, 0.1) is 16.0 Å². The quantitative estimate of drug-likeness (QED) is 0.570. The van der Waals surface area contributed by atoms with Crippen LogP contribution in [-0.4, -0.2) is 16.1 Å². The average Bonchev–Trinajstić information content (AvgIpc) is 3.26. The largest absolute Gasteiger partial charge is 0.348 e. The van der Waals surface area contributed by atoms with Crippen molar-refractivity contribution < 1.29 is 4.79 Å². The lowest BCUT2D eigenvalue weighted by Gasteiger charge is -2.04. The summed E-state index contributed by atoms with van der Waals surface area (Å²) in [6.07, 6.45) is 0. The number of carbonyl (C=O) groups is 1. The van der Waals surface area contributed by atoms with Crippen molar-refractivity contribution in [2.24, 2.45) is 0 Å². The number of nitrogens with one attached hydrogen (secondary N) is 2. The Hall–Kier alpha value is -2.92. The van der Waals surface area contributed by atoms with E-state index in [-0.39, 0.29) is 5.91 Å². The molecule has 2 aromatic carbocycles. The van der Waals surface area contributed by atoms with E-state index in [0.29, 0.717) is 12.1 Å². The molecule has 4 nitrogen and oxygen atoms in total. The maximum absolute atomic E-state index is 12.4. The Balaban J connectivity index is 1.52. The zero-order chi connectivity index (χ0) is 17.2. The van der Waals surface area contributed by atoms with Crippen LogP contribution in [0.5, 0.6) is 0 Å². The van der Waals surface area contributed by atoms with Crippen LogP contribution in [-0.2, 0) is 6.54 Å². The molecule has 0 aliphatic heterocycles. The number of nitrogens with zero attached hydrogens (tertiary/aromatic N) is 1.